The molecule has 0 aliphatic heterocycles. The van der Waals surface area contributed by atoms with Gasteiger partial charge in [-0.15, -0.1) is 0 Å². The highest BCUT2D eigenvalue weighted by Crippen LogP contribution is 2.35. The second-order valence-corrected chi connectivity index (χ2v) is 5.84. The van der Waals surface area contributed by atoms with Gasteiger partial charge in [0.1, 0.15) is 0 Å². The first-order chi connectivity index (χ1) is 12.9. The molecule has 0 aromatic heterocycles. The molecule has 2 aromatic carbocycles. The van der Waals surface area contributed by atoms with Gasteiger partial charge in [-0.25, -0.2) is 0 Å². The molecule has 7 nitrogen and oxygen atoms in total. The third-order valence-corrected chi connectivity index (χ3v) is 3.76. The second kappa shape index (κ2) is 9.59. The number of amides is 1. The fraction of sp³-hybridized carbons (Fsp3) is 0.211. The standard InChI is InChI=1S/C19H19ClN2O5/c1-12(23)14-5-4-6-15(9-14)22-18(24)11-27-21-10-13-7-16(20)19(26-3)17(8-13)25-2/h4-10H,11H2,1-3H3,(H,22,24)/b21-10+. The Hall–Kier alpha value is -3.06. The number of ketones is 1. The molecule has 142 valence electrons. The van der Waals surface area contributed by atoms with E-state index in [1.165, 1.54) is 27.4 Å². The molecular weight excluding hydrogens is 372 g/mol. The highest BCUT2D eigenvalue weighted by Gasteiger charge is 2.10. The van der Waals surface area contributed by atoms with Gasteiger partial charge in [-0.3, -0.25) is 9.59 Å². The van der Waals surface area contributed by atoms with Crippen LogP contribution in [0.1, 0.15) is 22.8 Å². The first-order valence-corrected chi connectivity index (χ1v) is 8.30. The van der Waals surface area contributed by atoms with Crippen molar-refractivity contribution >= 4 is 35.2 Å². The number of anilines is 1. The Bertz CT molecular complexity index is 867. The van der Waals surface area contributed by atoms with Crippen LogP contribution in [0.25, 0.3) is 0 Å². The normalized spacial score (nSPS) is 10.5. The van der Waals surface area contributed by atoms with Crippen LogP contribution in [0.2, 0.25) is 5.02 Å². The van der Waals surface area contributed by atoms with E-state index in [2.05, 4.69) is 10.5 Å². The SMILES string of the molecule is COc1cc(/C=N/OCC(=O)Nc2cccc(C(C)=O)c2)cc(Cl)c1OC. The third kappa shape index (κ3) is 5.72. The molecule has 27 heavy (non-hydrogen) atoms. The van der Waals surface area contributed by atoms with E-state index < -0.39 is 5.91 Å². The first kappa shape index (κ1) is 20.3. The molecule has 0 aliphatic rings. The van der Waals surface area contributed by atoms with Crippen molar-refractivity contribution in [2.24, 2.45) is 5.16 Å². The van der Waals surface area contributed by atoms with Crippen LogP contribution in [-0.4, -0.2) is 38.7 Å². The van der Waals surface area contributed by atoms with E-state index in [-0.39, 0.29) is 12.4 Å². The minimum absolute atomic E-state index is 0.0828. The summed E-state index contributed by atoms with van der Waals surface area (Å²) in [5.74, 6) is 0.387. The lowest BCUT2D eigenvalue weighted by Gasteiger charge is -2.09. The topological polar surface area (TPSA) is 86.2 Å². The number of nitrogens with one attached hydrogen (secondary N) is 1. The van der Waals surface area contributed by atoms with Crippen molar-refractivity contribution in [1.29, 1.82) is 0 Å². The Kier molecular flexibility index (Phi) is 7.19. The molecule has 2 aromatic rings. The molecular formula is C19H19ClN2O5. The highest BCUT2D eigenvalue weighted by atomic mass is 35.5. The van der Waals surface area contributed by atoms with Crippen molar-refractivity contribution < 1.29 is 23.9 Å². The molecule has 8 heteroatoms. The number of rotatable bonds is 8. The predicted octanol–water partition coefficient (Wildman–Crippen LogP) is 3.55. The van der Waals surface area contributed by atoms with E-state index in [9.17, 15) is 9.59 Å². The molecule has 0 heterocycles. The number of hydrogen-bond donors (Lipinski definition) is 1. The number of ether oxygens (including phenoxy) is 2. The Morgan fingerprint density at radius 2 is 1.96 bits per heavy atom. The molecule has 0 fully saturated rings. The van der Waals surface area contributed by atoms with Gasteiger partial charge in [-0.1, -0.05) is 28.9 Å². The number of nitrogens with zero attached hydrogens (tertiary/aromatic N) is 1. The second-order valence-electron chi connectivity index (χ2n) is 5.43. The highest BCUT2D eigenvalue weighted by molar-refractivity contribution is 6.32. The largest absolute Gasteiger partial charge is 0.493 e. The molecule has 0 bridgehead atoms. The smallest absolute Gasteiger partial charge is 0.265 e. The van der Waals surface area contributed by atoms with Crippen LogP contribution in [0.5, 0.6) is 11.5 Å². The van der Waals surface area contributed by atoms with Crippen molar-refractivity contribution in [2.45, 2.75) is 6.92 Å². The van der Waals surface area contributed by atoms with Crippen molar-refractivity contribution in [3.63, 3.8) is 0 Å². The van der Waals surface area contributed by atoms with Gasteiger partial charge in [-0.2, -0.15) is 0 Å². The summed E-state index contributed by atoms with van der Waals surface area (Å²) in [7, 11) is 2.99. The summed E-state index contributed by atoms with van der Waals surface area (Å²) in [5, 5.41) is 6.74. The lowest BCUT2D eigenvalue weighted by atomic mass is 10.1. The summed E-state index contributed by atoms with van der Waals surface area (Å²) in [6.07, 6.45) is 1.40. The molecule has 0 aliphatic carbocycles. The van der Waals surface area contributed by atoms with Gasteiger partial charge < -0.3 is 19.6 Å². The summed E-state index contributed by atoms with van der Waals surface area (Å²) in [5.41, 5.74) is 1.64. The molecule has 0 atom stereocenters. The number of hydrogen-bond acceptors (Lipinski definition) is 6. The number of oxime groups is 1. The molecule has 1 amide bonds. The van der Waals surface area contributed by atoms with Crippen LogP contribution in [-0.2, 0) is 9.63 Å². The Morgan fingerprint density at radius 3 is 2.63 bits per heavy atom. The Morgan fingerprint density at radius 1 is 1.19 bits per heavy atom. The van der Waals surface area contributed by atoms with E-state index in [0.717, 1.165) is 0 Å². The van der Waals surface area contributed by atoms with Crippen LogP contribution in [0.15, 0.2) is 41.6 Å². The number of methoxy groups -OCH3 is 2. The molecule has 0 spiro atoms. The minimum atomic E-state index is -0.404. The van der Waals surface area contributed by atoms with Crippen LogP contribution >= 0.6 is 11.6 Å². The quantitative estimate of drug-likeness (QED) is 0.423. The number of benzene rings is 2. The molecule has 0 saturated carbocycles. The molecule has 0 unspecified atom stereocenters. The van der Waals surface area contributed by atoms with Crippen LogP contribution < -0.4 is 14.8 Å². The lowest BCUT2D eigenvalue weighted by molar-refractivity contribution is -0.120. The molecule has 0 radical (unpaired) electrons. The van der Waals surface area contributed by atoms with Gasteiger partial charge in [0.15, 0.2) is 23.9 Å². The average molecular weight is 391 g/mol. The van der Waals surface area contributed by atoms with Crippen LogP contribution in [0, 0.1) is 0 Å². The Balaban J connectivity index is 1.92. The summed E-state index contributed by atoms with van der Waals surface area (Å²) in [6.45, 7) is 1.17. The minimum Gasteiger partial charge on any atom is -0.493 e. The van der Waals surface area contributed by atoms with Crippen molar-refractivity contribution in [3.05, 3.63) is 52.5 Å². The van der Waals surface area contributed by atoms with Crippen molar-refractivity contribution in [3.8, 4) is 11.5 Å². The maximum Gasteiger partial charge on any atom is 0.265 e. The number of carbonyl (C=O) groups excluding carboxylic acids is 2. The molecule has 0 saturated heterocycles. The van der Waals surface area contributed by atoms with E-state index in [0.29, 0.717) is 33.3 Å². The zero-order valence-electron chi connectivity index (χ0n) is 15.1. The van der Waals surface area contributed by atoms with Crippen LogP contribution in [0.4, 0.5) is 5.69 Å². The predicted molar refractivity (Wildman–Crippen MR) is 103 cm³/mol. The average Bonchev–Trinajstić information content (AvgIpc) is 2.65. The van der Waals surface area contributed by atoms with Crippen molar-refractivity contribution in [1.82, 2.24) is 0 Å². The van der Waals surface area contributed by atoms with Crippen LogP contribution in [0.3, 0.4) is 0 Å². The van der Waals surface area contributed by atoms with E-state index >= 15 is 0 Å². The fourth-order valence-corrected chi connectivity index (χ4v) is 2.52. The summed E-state index contributed by atoms with van der Waals surface area (Å²) in [6, 6.07) is 9.93. The zero-order valence-corrected chi connectivity index (χ0v) is 15.9. The third-order valence-electron chi connectivity index (χ3n) is 3.48. The number of Topliss-reactive ketones (excluding diaryl/α,β-unsaturated/α-hetero) is 1. The summed E-state index contributed by atoms with van der Waals surface area (Å²) in [4.78, 5) is 28.2. The zero-order chi connectivity index (χ0) is 19.8. The molecule has 1 N–H and O–H groups in total. The maximum absolute atomic E-state index is 11.9. The van der Waals surface area contributed by atoms with Gasteiger partial charge in [0.25, 0.3) is 5.91 Å². The van der Waals surface area contributed by atoms with Gasteiger partial charge in [0, 0.05) is 16.8 Å². The fourth-order valence-electron chi connectivity index (χ4n) is 2.22. The number of halogens is 1. The van der Waals surface area contributed by atoms with Gasteiger partial charge in [-0.05, 0) is 31.2 Å². The monoisotopic (exact) mass is 390 g/mol. The lowest BCUT2D eigenvalue weighted by Crippen LogP contribution is -2.17. The molecule has 2 rings (SSSR count). The van der Waals surface area contributed by atoms with Gasteiger partial charge >= 0.3 is 0 Å². The Labute approximate surface area is 161 Å². The van der Waals surface area contributed by atoms with E-state index in [1.54, 1.807) is 36.4 Å². The summed E-state index contributed by atoms with van der Waals surface area (Å²) >= 11 is 6.11. The maximum atomic E-state index is 11.9. The van der Waals surface area contributed by atoms with E-state index in [4.69, 9.17) is 25.9 Å². The van der Waals surface area contributed by atoms with Crippen molar-refractivity contribution in [2.75, 3.05) is 26.1 Å². The van der Waals surface area contributed by atoms with Gasteiger partial charge in [0.2, 0.25) is 0 Å². The number of carbonyl (C=O) groups is 2. The summed E-state index contributed by atoms with van der Waals surface area (Å²) < 4.78 is 10.3. The first-order valence-electron chi connectivity index (χ1n) is 7.92. The van der Waals surface area contributed by atoms with Gasteiger partial charge in [0.05, 0.1) is 25.5 Å². The van der Waals surface area contributed by atoms with E-state index in [1.807, 2.05) is 0 Å².